The van der Waals surface area contributed by atoms with Gasteiger partial charge in [0.15, 0.2) is 0 Å². The summed E-state index contributed by atoms with van der Waals surface area (Å²) in [7, 11) is 0. The lowest BCUT2D eigenvalue weighted by Gasteiger charge is -2.12. The van der Waals surface area contributed by atoms with E-state index in [1.807, 2.05) is 25.1 Å². The average molecular weight is 358 g/mol. The topological polar surface area (TPSA) is 28.7 Å². The number of hydrogen-bond donors (Lipinski definition) is 1. The Morgan fingerprint density at radius 1 is 0.960 bits per heavy atom. The van der Waals surface area contributed by atoms with E-state index >= 15 is 0 Å². The third-order valence-electron chi connectivity index (χ3n) is 4.10. The summed E-state index contributed by atoms with van der Waals surface area (Å²) >= 11 is 1.61. The summed E-state index contributed by atoms with van der Waals surface area (Å²) in [4.78, 5) is 9.44. The molecule has 1 aromatic carbocycles. The fourth-order valence-electron chi connectivity index (χ4n) is 3.02. The molecule has 3 heterocycles. The second-order valence-electron chi connectivity index (χ2n) is 5.74. The molecule has 4 aromatic rings. The molecule has 0 unspecified atom stereocenters. The Labute approximate surface area is 146 Å². The van der Waals surface area contributed by atoms with E-state index in [1.54, 1.807) is 29.8 Å². The van der Waals surface area contributed by atoms with Crippen molar-refractivity contribution in [3.63, 3.8) is 0 Å². The first-order valence-electron chi connectivity index (χ1n) is 7.64. The minimum atomic E-state index is -4.41. The number of alkyl halides is 3. The Morgan fingerprint density at radius 3 is 2.48 bits per heavy atom. The molecule has 0 radical (unpaired) electrons. The molecular weight excluding hydrogens is 345 g/mol. The molecule has 2 nitrogen and oxygen atoms in total. The summed E-state index contributed by atoms with van der Waals surface area (Å²) in [6, 6.07) is 11.5. The monoisotopic (exact) mass is 358 g/mol. The number of aromatic nitrogens is 2. The molecule has 0 spiro atoms. The van der Waals surface area contributed by atoms with Gasteiger partial charge in [-0.1, -0.05) is 18.2 Å². The maximum absolute atomic E-state index is 13.4. The molecule has 0 aliphatic carbocycles. The smallest absolute Gasteiger partial charge is 0.345 e. The third kappa shape index (κ3) is 2.72. The number of halogens is 3. The summed E-state index contributed by atoms with van der Waals surface area (Å²) < 4.78 is 40.3. The van der Waals surface area contributed by atoms with Crippen LogP contribution in [0.25, 0.3) is 32.6 Å². The van der Waals surface area contributed by atoms with Crippen LogP contribution in [0, 0.1) is 6.92 Å². The van der Waals surface area contributed by atoms with E-state index in [0.29, 0.717) is 16.6 Å². The molecule has 126 valence electrons. The van der Waals surface area contributed by atoms with Gasteiger partial charge >= 0.3 is 6.18 Å². The summed E-state index contributed by atoms with van der Waals surface area (Å²) in [5, 5.41) is 0.709. The number of nitrogens with one attached hydrogen (secondary N) is 1. The van der Waals surface area contributed by atoms with Gasteiger partial charge in [-0.05, 0) is 36.8 Å². The Kier molecular flexibility index (Phi) is 3.65. The molecular formula is C19H13F3N2S. The molecule has 0 fully saturated rings. The summed E-state index contributed by atoms with van der Waals surface area (Å²) in [5.41, 5.74) is 1.49. The molecule has 0 saturated carbocycles. The number of rotatable bonds is 2. The number of aryl methyl sites for hydroxylation is 1. The highest BCUT2D eigenvalue weighted by Gasteiger charge is 2.34. The number of aromatic amines is 1. The summed E-state index contributed by atoms with van der Waals surface area (Å²) in [6.07, 6.45) is -1.14. The van der Waals surface area contributed by atoms with Crippen molar-refractivity contribution in [2.75, 3.05) is 0 Å². The Bertz CT molecular complexity index is 1060. The van der Waals surface area contributed by atoms with E-state index in [-0.39, 0.29) is 5.56 Å². The number of nitrogens with zero attached hydrogens (tertiary/aromatic N) is 1. The second kappa shape index (κ2) is 5.74. The van der Waals surface area contributed by atoms with Gasteiger partial charge in [-0.2, -0.15) is 13.2 Å². The van der Waals surface area contributed by atoms with Crippen molar-refractivity contribution in [1.82, 2.24) is 9.97 Å². The quantitative estimate of drug-likeness (QED) is 0.448. The number of thiophene rings is 1. The highest BCUT2D eigenvalue weighted by molar-refractivity contribution is 7.15. The van der Waals surface area contributed by atoms with Crippen LogP contribution in [0.3, 0.4) is 0 Å². The molecule has 0 atom stereocenters. The van der Waals surface area contributed by atoms with E-state index in [2.05, 4.69) is 9.97 Å². The fourth-order valence-corrected chi connectivity index (χ4v) is 3.92. The number of benzene rings is 1. The molecule has 6 heteroatoms. The first kappa shape index (κ1) is 15.9. The fraction of sp³-hybridized carbons (Fsp3) is 0.105. The van der Waals surface area contributed by atoms with Crippen LogP contribution in [0.5, 0.6) is 0 Å². The largest absolute Gasteiger partial charge is 0.417 e. The zero-order valence-corrected chi connectivity index (χ0v) is 14.0. The van der Waals surface area contributed by atoms with Gasteiger partial charge in [-0.3, -0.25) is 0 Å². The molecule has 0 amide bonds. The van der Waals surface area contributed by atoms with Crippen LogP contribution in [0.4, 0.5) is 13.2 Å². The molecule has 0 bridgehead atoms. The van der Waals surface area contributed by atoms with Crippen LogP contribution in [-0.2, 0) is 6.18 Å². The van der Waals surface area contributed by atoms with Crippen molar-refractivity contribution in [3.05, 3.63) is 65.3 Å². The lowest BCUT2D eigenvalue weighted by molar-refractivity contribution is -0.137. The number of hydrogen-bond acceptors (Lipinski definition) is 2. The van der Waals surface area contributed by atoms with Crippen molar-refractivity contribution in [1.29, 1.82) is 0 Å². The zero-order valence-electron chi connectivity index (χ0n) is 13.2. The predicted molar refractivity (Wildman–Crippen MR) is 94.6 cm³/mol. The van der Waals surface area contributed by atoms with E-state index < -0.39 is 11.7 Å². The van der Waals surface area contributed by atoms with E-state index in [9.17, 15) is 13.2 Å². The molecule has 0 aliphatic heterocycles. The van der Waals surface area contributed by atoms with Gasteiger partial charge in [0, 0.05) is 38.7 Å². The Morgan fingerprint density at radius 2 is 1.76 bits per heavy atom. The normalized spacial score (nSPS) is 12.0. The van der Waals surface area contributed by atoms with Crippen LogP contribution in [0.1, 0.15) is 10.4 Å². The number of pyridine rings is 1. The van der Waals surface area contributed by atoms with Crippen LogP contribution in [-0.4, -0.2) is 9.97 Å². The van der Waals surface area contributed by atoms with Gasteiger partial charge in [0.1, 0.15) is 5.65 Å². The van der Waals surface area contributed by atoms with Gasteiger partial charge in [-0.25, -0.2) is 4.98 Å². The molecule has 0 saturated heterocycles. The van der Waals surface area contributed by atoms with Crippen LogP contribution in [0.15, 0.2) is 54.9 Å². The van der Waals surface area contributed by atoms with Crippen molar-refractivity contribution in [2.45, 2.75) is 13.1 Å². The van der Waals surface area contributed by atoms with Crippen LogP contribution < -0.4 is 0 Å². The van der Waals surface area contributed by atoms with Crippen molar-refractivity contribution < 1.29 is 13.2 Å². The summed E-state index contributed by atoms with van der Waals surface area (Å²) in [5.74, 6) is 0. The predicted octanol–water partition coefficient (Wildman–Crippen LogP) is 6.29. The first-order chi connectivity index (χ1) is 11.9. The Hall–Kier alpha value is -2.60. The SMILES string of the molecule is Cc1ccc(-c2ccnc3[nH]cc(-c4ccccc4C(F)(F)F)c23)s1. The van der Waals surface area contributed by atoms with Gasteiger partial charge in [0.25, 0.3) is 0 Å². The molecule has 0 aliphatic rings. The lowest BCUT2D eigenvalue weighted by atomic mass is 9.97. The van der Waals surface area contributed by atoms with Crippen molar-refractivity contribution >= 4 is 22.4 Å². The molecule has 25 heavy (non-hydrogen) atoms. The minimum absolute atomic E-state index is 0.156. The van der Waals surface area contributed by atoms with Gasteiger partial charge in [0.05, 0.1) is 5.56 Å². The third-order valence-corrected chi connectivity index (χ3v) is 5.14. The van der Waals surface area contributed by atoms with Crippen molar-refractivity contribution in [2.24, 2.45) is 0 Å². The maximum atomic E-state index is 13.4. The highest BCUT2D eigenvalue weighted by atomic mass is 32.1. The standard InChI is InChI=1S/C19H13F3N2S/c1-11-6-7-16(25-11)13-8-9-23-18-17(13)14(10-24-18)12-4-2-3-5-15(12)19(20,21)22/h2-10H,1H3,(H,23,24). The first-order valence-corrected chi connectivity index (χ1v) is 8.46. The van der Waals surface area contributed by atoms with E-state index in [4.69, 9.17) is 0 Å². The highest BCUT2D eigenvalue weighted by Crippen LogP contribution is 2.42. The van der Waals surface area contributed by atoms with E-state index in [1.165, 1.54) is 12.1 Å². The van der Waals surface area contributed by atoms with Gasteiger partial charge in [0.2, 0.25) is 0 Å². The summed E-state index contributed by atoms with van der Waals surface area (Å²) in [6.45, 7) is 2.00. The molecule has 1 N–H and O–H groups in total. The second-order valence-corrected chi connectivity index (χ2v) is 7.03. The van der Waals surface area contributed by atoms with Crippen LogP contribution >= 0.6 is 11.3 Å². The molecule has 4 rings (SSSR count). The average Bonchev–Trinajstić information content (AvgIpc) is 3.20. The maximum Gasteiger partial charge on any atom is 0.417 e. The minimum Gasteiger partial charge on any atom is -0.345 e. The lowest BCUT2D eigenvalue weighted by Crippen LogP contribution is -2.06. The van der Waals surface area contributed by atoms with Crippen LogP contribution in [0.2, 0.25) is 0 Å². The Balaban J connectivity index is 2.02. The number of fused-ring (bicyclic) bond motifs is 1. The zero-order chi connectivity index (χ0) is 17.6. The van der Waals surface area contributed by atoms with E-state index in [0.717, 1.165) is 21.4 Å². The van der Waals surface area contributed by atoms with Gasteiger partial charge in [-0.15, -0.1) is 11.3 Å². The molecule has 3 aromatic heterocycles. The van der Waals surface area contributed by atoms with Crippen molar-refractivity contribution in [3.8, 4) is 21.6 Å². The van der Waals surface area contributed by atoms with Gasteiger partial charge < -0.3 is 4.98 Å². The number of H-pyrrole nitrogens is 1.